The van der Waals surface area contributed by atoms with Gasteiger partial charge in [0.1, 0.15) is 6.10 Å². The molecule has 3 N–H and O–H groups in total. The zero-order valence-electron chi connectivity index (χ0n) is 13.5. The van der Waals surface area contributed by atoms with Gasteiger partial charge in [0.25, 0.3) is 0 Å². The molecule has 0 amide bonds. The van der Waals surface area contributed by atoms with Crippen molar-refractivity contribution in [2.24, 2.45) is 0 Å². The Morgan fingerprint density at radius 2 is 2.12 bits per heavy atom. The van der Waals surface area contributed by atoms with Gasteiger partial charge in [-0.15, -0.1) is 0 Å². The van der Waals surface area contributed by atoms with Gasteiger partial charge in [-0.05, 0) is 18.5 Å². The molecule has 0 saturated carbocycles. The van der Waals surface area contributed by atoms with Crippen molar-refractivity contribution >= 4 is 11.6 Å². The largest absolute Gasteiger partial charge is 0.459 e. The van der Waals surface area contributed by atoms with Gasteiger partial charge < -0.3 is 15.8 Å². The van der Waals surface area contributed by atoms with Crippen LogP contribution in [0.15, 0.2) is 36.4 Å². The third-order valence-electron chi connectivity index (χ3n) is 4.38. The van der Waals surface area contributed by atoms with E-state index >= 15 is 0 Å². The summed E-state index contributed by atoms with van der Waals surface area (Å²) in [5.41, 5.74) is 8.79. The number of nitrogens with zero attached hydrogens (tertiary/aromatic N) is 4. The van der Waals surface area contributed by atoms with Crippen LogP contribution in [-0.2, 0) is 0 Å². The van der Waals surface area contributed by atoms with Crippen molar-refractivity contribution in [2.45, 2.75) is 25.4 Å². The Morgan fingerprint density at radius 3 is 2.88 bits per heavy atom. The molecule has 0 bridgehead atoms. The summed E-state index contributed by atoms with van der Waals surface area (Å²) in [4.78, 5) is 8.68. The molecule has 2 aromatic heterocycles. The number of ether oxygens (including phenoxy) is 1. The van der Waals surface area contributed by atoms with E-state index < -0.39 is 0 Å². The monoisotopic (exact) mass is 324 g/mol. The van der Waals surface area contributed by atoms with E-state index in [1.165, 1.54) is 5.56 Å². The summed E-state index contributed by atoms with van der Waals surface area (Å²) in [5, 5.41) is 7.81. The molecule has 7 heteroatoms. The van der Waals surface area contributed by atoms with Crippen molar-refractivity contribution in [2.75, 3.05) is 18.8 Å². The summed E-state index contributed by atoms with van der Waals surface area (Å²) in [6.07, 6.45) is 1.04. The Hall–Kier alpha value is -2.67. The summed E-state index contributed by atoms with van der Waals surface area (Å²) in [5.74, 6) is 0.433. The first-order chi connectivity index (χ1) is 11.7. The van der Waals surface area contributed by atoms with Gasteiger partial charge in [0.05, 0.1) is 5.69 Å². The van der Waals surface area contributed by atoms with E-state index in [9.17, 15) is 0 Å². The van der Waals surface area contributed by atoms with Crippen molar-refractivity contribution in [3.05, 3.63) is 47.7 Å². The third-order valence-corrected chi connectivity index (χ3v) is 4.38. The quantitative estimate of drug-likeness (QED) is 0.757. The molecular formula is C17H20N6O. The molecule has 1 aliphatic heterocycles. The first-order valence-electron chi connectivity index (χ1n) is 8.16. The fourth-order valence-electron chi connectivity index (χ4n) is 2.96. The number of fused-ring (bicyclic) bond motifs is 1. The van der Waals surface area contributed by atoms with Crippen LogP contribution in [0.4, 0.5) is 5.95 Å². The number of hydrogen-bond acceptors (Lipinski definition) is 6. The number of hydrogen-bond donors (Lipinski definition) is 2. The average molecular weight is 324 g/mol. The maximum Gasteiger partial charge on any atom is 0.322 e. The smallest absolute Gasteiger partial charge is 0.322 e. The lowest BCUT2D eigenvalue weighted by Crippen LogP contribution is -2.21. The molecule has 4 rings (SSSR count). The molecular weight excluding hydrogens is 304 g/mol. The second kappa shape index (κ2) is 6.09. The Morgan fingerprint density at radius 1 is 1.29 bits per heavy atom. The Balaban J connectivity index is 1.66. The number of nitrogens with two attached hydrogens (primary N) is 1. The van der Waals surface area contributed by atoms with Crippen LogP contribution in [-0.4, -0.2) is 38.8 Å². The number of aromatic nitrogens is 4. The highest BCUT2D eigenvalue weighted by atomic mass is 16.5. The van der Waals surface area contributed by atoms with E-state index in [1.807, 2.05) is 24.3 Å². The minimum Gasteiger partial charge on any atom is -0.459 e. The molecule has 1 aliphatic rings. The highest BCUT2D eigenvalue weighted by Crippen LogP contribution is 2.24. The second-order valence-corrected chi connectivity index (χ2v) is 6.07. The van der Waals surface area contributed by atoms with Crippen molar-refractivity contribution in [3.63, 3.8) is 0 Å². The van der Waals surface area contributed by atoms with E-state index in [1.54, 1.807) is 4.52 Å². The van der Waals surface area contributed by atoms with Crippen LogP contribution in [0.3, 0.4) is 0 Å². The summed E-state index contributed by atoms with van der Waals surface area (Å²) < 4.78 is 7.38. The van der Waals surface area contributed by atoms with E-state index in [2.05, 4.69) is 39.4 Å². The van der Waals surface area contributed by atoms with E-state index in [-0.39, 0.29) is 18.0 Å². The Bertz CT molecular complexity index is 841. The van der Waals surface area contributed by atoms with Crippen LogP contribution in [0.2, 0.25) is 0 Å². The zero-order valence-corrected chi connectivity index (χ0v) is 13.5. The maximum absolute atomic E-state index is 6.04. The van der Waals surface area contributed by atoms with Gasteiger partial charge in [-0.3, -0.25) is 0 Å². The van der Waals surface area contributed by atoms with Gasteiger partial charge in [-0.2, -0.15) is 19.6 Å². The van der Waals surface area contributed by atoms with Crippen LogP contribution in [0, 0.1) is 0 Å². The van der Waals surface area contributed by atoms with Gasteiger partial charge in [0, 0.05) is 18.5 Å². The summed E-state index contributed by atoms with van der Waals surface area (Å²) in [6, 6.07) is 12.5. The second-order valence-electron chi connectivity index (χ2n) is 6.07. The fourth-order valence-corrected chi connectivity index (χ4v) is 2.96. The minimum absolute atomic E-state index is 0.0949. The molecule has 7 nitrogen and oxygen atoms in total. The number of anilines is 1. The molecule has 24 heavy (non-hydrogen) atoms. The summed E-state index contributed by atoms with van der Waals surface area (Å²) >= 11 is 0. The fraction of sp³-hybridized carbons (Fsp3) is 0.353. The van der Waals surface area contributed by atoms with Gasteiger partial charge in [0.15, 0.2) is 5.65 Å². The van der Waals surface area contributed by atoms with Crippen molar-refractivity contribution in [3.8, 4) is 6.01 Å². The highest BCUT2D eigenvalue weighted by molar-refractivity contribution is 5.47. The van der Waals surface area contributed by atoms with Crippen LogP contribution in [0.1, 0.15) is 30.5 Å². The SMILES string of the molecule is C[C@@H](c1ccccc1)c1cc2nc(OC3CCNC3)nc(N)n2n1. The minimum atomic E-state index is 0.0949. The molecule has 0 spiro atoms. The Labute approximate surface area is 139 Å². The molecule has 1 aromatic carbocycles. The highest BCUT2D eigenvalue weighted by Gasteiger charge is 2.20. The van der Waals surface area contributed by atoms with E-state index in [0.29, 0.717) is 11.7 Å². The molecule has 1 saturated heterocycles. The topological polar surface area (TPSA) is 90.4 Å². The van der Waals surface area contributed by atoms with Gasteiger partial charge >= 0.3 is 6.01 Å². The number of nitrogen functional groups attached to an aromatic ring is 1. The lowest BCUT2D eigenvalue weighted by molar-refractivity contribution is 0.204. The maximum atomic E-state index is 6.04. The van der Waals surface area contributed by atoms with Crippen LogP contribution in [0.25, 0.3) is 5.65 Å². The van der Waals surface area contributed by atoms with Gasteiger partial charge in [-0.25, -0.2) is 0 Å². The molecule has 2 atom stereocenters. The number of rotatable bonds is 4. The van der Waals surface area contributed by atoms with Crippen molar-refractivity contribution < 1.29 is 4.74 Å². The predicted molar refractivity (Wildman–Crippen MR) is 91.1 cm³/mol. The summed E-state index contributed by atoms with van der Waals surface area (Å²) in [7, 11) is 0. The molecule has 3 aromatic rings. The number of nitrogens with one attached hydrogen (secondary N) is 1. The van der Waals surface area contributed by atoms with Crippen molar-refractivity contribution in [1.82, 2.24) is 24.9 Å². The lowest BCUT2D eigenvalue weighted by atomic mass is 9.98. The molecule has 0 aliphatic carbocycles. The molecule has 1 unspecified atom stereocenters. The third kappa shape index (κ3) is 2.78. The average Bonchev–Trinajstić information content (AvgIpc) is 3.25. The molecule has 0 radical (unpaired) electrons. The lowest BCUT2D eigenvalue weighted by Gasteiger charge is -2.10. The Kier molecular flexibility index (Phi) is 3.78. The van der Waals surface area contributed by atoms with Crippen LogP contribution >= 0.6 is 0 Å². The zero-order chi connectivity index (χ0) is 16.5. The van der Waals surface area contributed by atoms with Crippen LogP contribution < -0.4 is 15.8 Å². The normalized spacial score (nSPS) is 18.8. The number of benzene rings is 1. The van der Waals surface area contributed by atoms with Crippen molar-refractivity contribution in [1.29, 1.82) is 0 Å². The summed E-state index contributed by atoms with van der Waals surface area (Å²) in [6.45, 7) is 3.88. The first-order valence-corrected chi connectivity index (χ1v) is 8.16. The molecule has 3 heterocycles. The predicted octanol–water partition coefficient (Wildman–Crippen LogP) is 1.60. The standard InChI is InChI=1S/C17H20N6O/c1-11(12-5-3-2-4-6-12)14-9-15-20-17(21-16(18)23(15)22-14)24-13-7-8-19-10-13/h2-6,9,11,13,19H,7-8,10H2,1H3,(H2,18,20,21)/t11-,13?/m0/s1. The van der Waals surface area contributed by atoms with E-state index in [0.717, 1.165) is 25.2 Å². The van der Waals surface area contributed by atoms with Gasteiger partial charge in [0.2, 0.25) is 5.95 Å². The van der Waals surface area contributed by atoms with Gasteiger partial charge in [-0.1, -0.05) is 37.3 Å². The van der Waals surface area contributed by atoms with Crippen LogP contribution in [0.5, 0.6) is 6.01 Å². The first kappa shape index (κ1) is 14.9. The van der Waals surface area contributed by atoms with E-state index in [4.69, 9.17) is 10.5 Å². The molecule has 124 valence electrons. The molecule has 1 fully saturated rings.